The highest BCUT2D eigenvalue weighted by molar-refractivity contribution is 5.87. The summed E-state index contributed by atoms with van der Waals surface area (Å²) in [6, 6.07) is 9.47. The third-order valence-electron chi connectivity index (χ3n) is 4.11. The molecule has 0 saturated heterocycles. The Morgan fingerprint density at radius 1 is 1.21 bits per heavy atom. The van der Waals surface area contributed by atoms with Crippen LogP contribution in [0.4, 0.5) is 0 Å². The van der Waals surface area contributed by atoms with E-state index in [0.29, 0.717) is 12.5 Å². The molecule has 106 valence electrons. The zero-order chi connectivity index (χ0) is 14.7. The van der Waals surface area contributed by atoms with Crippen LogP contribution in [0.3, 0.4) is 0 Å². The number of nitrogens with one attached hydrogen (secondary N) is 1. The van der Waals surface area contributed by atoms with Crippen LogP contribution in [-0.4, -0.2) is 12.5 Å². The maximum absolute atomic E-state index is 12.3. The van der Waals surface area contributed by atoms with Gasteiger partial charge in [-0.25, -0.2) is 0 Å². The Bertz CT molecular complexity index is 422. The number of carbonyl (C=O) groups excluding carboxylic acids is 1. The lowest BCUT2D eigenvalue weighted by Gasteiger charge is -2.32. The van der Waals surface area contributed by atoms with Gasteiger partial charge in [0.2, 0.25) is 5.91 Å². The van der Waals surface area contributed by atoms with Gasteiger partial charge >= 0.3 is 0 Å². The monoisotopic (exact) mass is 262 g/mol. The Labute approximate surface area is 116 Å². The summed E-state index contributed by atoms with van der Waals surface area (Å²) < 4.78 is 0. The number of carbonyl (C=O) groups is 1. The van der Waals surface area contributed by atoms with Gasteiger partial charge in [0.05, 0.1) is 0 Å². The van der Waals surface area contributed by atoms with Crippen LogP contribution in [0.1, 0.15) is 40.2 Å². The minimum absolute atomic E-state index is 0.0580. The Balaban J connectivity index is 2.73. The van der Waals surface area contributed by atoms with Crippen molar-refractivity contribution in [2.75, 3.05) is 6.54 Å². The van der Waals surface area contributed by atoms with E-state index in [9.17, 15) is 4.79 Å². The molecular weight excluding hydrogens is 236 g/mol. The smallest absolute Gasteiger partial charge is 0.244 e. The molecule has 0 saturated carbocycles. The van der Waals surface area contributed by atoms with Gasteiger partial charge in [0.1, 0.15) is 5.54 Å². The highest BCUT2D eigenvalue weighted by atomic mass is 16.2. The van der Waals surface area contributed by atoms with Crippen molar-refractivity contribution in [2.24, 2.45) is 17.1 Å². The predicted octanol–water partition coefficient (Wildman–Crippen LogP) is 2.66. The molecule has 1 unspecified atom stereocenters. The molecule has 3 heteroatoms. The highest BCUT2D eigenvalue weighted by Gasteiger charge is 2.32. The molecular formula is C16H26N2O. The summed E-state index contributed by atoms with van der Waals surface area (Å²) >= 11 is 0. The predicted molar refractivity (Wildman–Crippen MR) is 79.6 cm³/mol. The molecule has 0 spiro atoms. The summed E-state index contributed by atoms with van der Waals surface area (Å²) in [4.78, 5) is 12.3. The first-order chi connectivity index (χ1) is 8.68. The summed E-state index contributed by atoms with van der Waals surface area (Å²) in [5, 5.41) is 2.98. The number of benzene rings is 1. The quantitative estimate of drug-likeness (QED) is 0.857. The molecule has 0 radical (unpaired) electrons. The van der Waals surface area contributed by atoms with Gasteiger partial charge in [-0.3, -0.25) is 4.79 Å². The van der Waals surface area contributed by atoms with Gasteiger partial charge in [0.15, 0.2) is 0 Å². The van der Waals surface area contributed by atoms with Gasteiger partial charge in [0.25, 0.3) is 0 Å². The van der Waals surface area contributed by atoms with Gasteiger partial charge in [-0.1, -0.05) is 58.0 Å². The zero-order valence-corrected chi connectivity index (χ0v) is 12.7. The van der Waals surface area contributed by atoms with E-state index in [-0.39, 0.29) is 11.3 Å². The van der Waals surface area contributed by atoms with E-state index in [1.54, 1.807) is 6.92 Å². The molecule has 0 aliphatic heterocycles. The Hall–Kier alpha value is -1.35. The first-order valence-corrected chi connectivity index (χ1v) is 6.80. The van der Waals surface area contributed by atoms with Crippen LogP contribution in [0.5, 0.6) is 0 Å². The van der Waals surface area contributed by atoms with Gasteiger partial charge in [0, 0.05) is 6.54 Å². The topological polar surface area (TPSA) is 55.1 Å². The molecule has 3 N–H and O–H groups in total. The van der Waals surface area contributed by atoms with E-state index in [1.807, 2.05) is 30.3 Å². The molecule has 0 heterocycles. The first kappa shape index (κ1) is 15.7. The molecule has 1 aromatic carbocycles. The van der Waals surface area contributed by atoms with Crippen molar-refractivity contribution in [3.8, 4) is 0 Å². The van der Waals surface area contributed by atoms with Crippen molar-refractivity contribution in [1.29, 1.82) is 0 Å². The minimum atomic E-state index is -0.992. The van der Waals surface area contributed by atoms with Crippen molar-refractivity contribution < 1.29 is 4.79 Å². The fourth-order valence-electron chi connectivity index (χ4n) is 1.61. The second-order valence-electron chi connectivity index (χ2n) is 6.39. The van der Waals surface area contributed by atoms with Gasteiger partial charge in [-0.15, -0.1) is 0 Å². The first-order valence-electron chi connectivity index (χ1n) is 6.80. The van der Waals surface area contributed by atoms with Crippen LogP contribution < -0.4 is 11.1 Å². The van der Waals surface area contributed by atoms with Crippen molar-refractivity contribution in [1.82, 2.24) is 5.32 Å². The molecule has 1 atom stereocenters. The number of nitrogens with two attached hydrogens (primary N) is 1. The molecule has 0 bridgehead atoms. The Morgan fingerprint density at radius 2 is 1.74 bits per heavy atom. The Morgan fingerprint density at radius 3 is 2.21 bits per heavy atom. The van der Waals surface area contributed by atoms with Crippen LogP contribution in [-0.2, 0) is 10.3 Å². The van der Waals surface area contributed by atoms with Crippen LogP contribution in [0.15, 0.2) is 30.3 Å². The summed E-state index contributed by atoms with van der Waals surface area (Å²) in [5.74, 6) is 0.362. The van der Waals surface area contributed by atoms with Crippen molar-refractivity contribution in [3.05, 3.63) is 35.9 Å². The van der Waals surface area contributed by atoms with Crippen LogP contribution in [0.2, 0.25) is 0 Å². The average molecular weight is 262 g/mol. The molecule has 0 aliphatic carbocycles. The molecule has 3 nitrogen and oxygen atoms in total. The lowest BCUT2D eigenvalue weighted by Crippen LogP contribution is -2.51. The molecule has 0 fully saturated rings. The summed E-state index contributed by atoms with van der Waals surface area (Å²) in [6.45, 7) is 11.0. The molecule has 19 heavy (non-hydrogen) atoms. The number of hydrogen-bond acceptors (Lipinski definition) is 2. The SMILES string of the molecule is CC(C)C(C)(C)CNC(=O)C(C)(N)c1ccccc1. The van der Waals surface area contributed by atoms with E-state index in [2.05, 4.69) is 33.0 Å². The third-order valence-corrected chi connectivity index (χ3v) is 4.11. The summed E-state index contributed by atoms with van der Waals surface area (Å²) in [6.07, 6.45) is 0. The van der Waals surface area contributed by atoms with Gasteiger partial charge < -0.3 is 11.1 Å². The number of hydrogen-bond donors (Lipinski definition) is 2. The van der Waals surface area contributed by atoms with Crippen LogP contribution in [0.25, 0.3) is 0 Å². The minimum Gasteiger partial charge on any atom is -0.354 e. The normalized spacial score (nSPS) is 15.1. The molecule has 1 amide bonds. The van der Waals surface area contributed by atoms with E-state index in [4.69, 9.17) is 5.73 Å². The van der Waals surface area contributed by atoms with Crippen molar-refractivity contribution >= 4 is 5.91 Å². The third kappa shape index (κ3) is 3.80. The van der Waals surface area contributed by atoms with E-state index >= 15 is 0 Å². The summed E-state index contributed by atoms with van der Waals surface area (Å²) in [7, 11) is 0. The molecule has 1 aromatic rings. The van der Waals surface area contributed by atoms with Gasteiger partial charge in [-0.2, -0.15) is 0 Å². The summed E-state index contributed by atoms with van der Waals surface area (Å²) in [5.41, 5.74) is 6.07. The number of rotatable bonds is 5. The number of amides is 1. The van der Waals surface area contributed by atoms with Gasteiger partial charge in [-0.05, 0) is 23.8 Å². The van der Waals surface area contributed by atoms with E-state index < -0.39 is 5.54 Å². The standard InChI is InChI=1S/C16H26N2O/c1-12(2)15(3,4)11-18-14(19)16(5,17)13-9-7-6-8-10-13/h6-10,12H,11,17H2,1-5H3,(H,18,19). The van der Waals surface area contributed by atoms with Crippen LogP contribution >= 0.6 is 0 Å². The largest absolute Gasteiger partial charge is 0.354 e. The van der Waals surface area contributed by atoms with E-state index in [0.717, 1.165) is 5.56 Å². The second kappa shape index (κ2) is 5.74. The zero-order valence-electron chi connectivity index (χ0n) is 12.7. The molecule has 0 aromatic heterocycles. The fraction of sp³-hybridized carbons (Fsp3) is 0.562. The lowest BCUT2D eigenvalue weighted by atomic mass is 9.81. The van der Waals surface area contributed by atoms with Crippen LogP contribution in [0, 0.1) is 11.3 Å². The Kier molecular flexibility index (Phi) is 4.75. The van der Waals surface area contributed by atoms with Crippen molar-refractivity contribution in [2.45, 2.75) is 40.2 Å². The molecule has 1 rings (SSSR count). The fourth-order valence-corrected chi connectivity index (χ4v) is 1.61. The molecule has 0 aliphatic rings. The second-order valence-corrected chi connectivity index (χ2v) is 6.39. The average Bonchev–Trinajstić information content (AvgIpc) is 2.36. The maximum Gasteiger partial charge on any atom is 0.244 e. The lowest BCUT2D eigenvalue weighted by molar-refractivity contribution is -0.126. The van der Waals surface area contributed by atoms with Crippen molar-refractivity contribution in [3.63, 3.8) is 0 Å². The van der Waals surface area contributed by atoms with E-state index in [1.165, 1.54) is 0 Å². The highest BCUT2D eigenvalue weighted by Crippen LogP contribution is 2.25. The maximum atomic E-state index is 12.3.